The quantitative estimate of drug-likeness (QED) is 0.277. The number of aliphatic carboxylic acids is 1. The zero-order valence-corrected chi connectivity index (χ0v) is 24.3. The second-order valence-electron chi connectivity index (χ2n) is 13.1. The van der Waals surface area contributed by atoms with Crippen molar-refractivity contribution in [2.75, 3.05) is 13.2 Å². The maximum atomic E-state index is 12.6. The van der Waals surface area contributed by atoms with Gasteiger partial charge < -0.3 is 30.6 Å². The molecule has 1 aromatic carbocycles. The summed E-state index contributed by atoms with van der Waals surface area (Å²) in [5.41, 5.74) is 0.0184. The number of fused-ring (bicyclic) bond motifs is 5. The van der Waals surface area contributed by atoms with Gasteiger partial charge in [0.05, 0.1) is 11.8 Å². The van der Waals surface area contributed by atoms with Crippen LogP contribution in [0.25, 0.3) is 0 Å². The van der Waals surface area contributed by atoms with Crippen LogP contribution in [0.2, 0.25) is 0 Å². The predicted octanol–water partition coefficient (Wildman–Crippen LogP) is 2.40. The molecule has 4 aliphatic rings. The van der Waals surface area contributed by atoms with Crippen molar-refractivity contribution in [1.29, 1.82) is 0 Å². The number of Topliss-reactive ketones (excluding diaryl/α,β-unsaturated/α-hetero) is 1. The van der Waals surface area contributed by atoms with Crippen molar-refractivity contribution in [3.8, 4) is 0 Å². The lowest BCUT2D eigenvalue weighted by molar-refractivity contribution is -0.181. The first-order chi connectivity index (χ1) is 19.9. The second kappa shape index (κ2) is 11.5. The minimum atomic E-state index is -1.61. The molecule has 4 aliphatic carbocycles. The number of carboxylic acid groups (broad SMARTS) is 1. The first-order valence-electron chi connectivity index (χ1n) is 14.9. The van der Waals surface area contributed by atoms with Gasteiger partial charge in [-0.15, -0.1) is 0 Å². The molecule has 0 unspecified atom stereocenters. The lowest BCUT2D eigenvalue weighted by atomic mass is 9.45. The lowest BCUT2D eigenvalue weighted by Crippen LogP contribution is -2.62. The van der Waals surface area contributed by atoms with Gasteiger partial charge in [0.25, 0.3) is 5.91 Å². The Bertz CT molecular complexity index is 1280. The molecule has 3 fully saturated rings. The number of ketones is 1. The number of amides is 1. The fourth-order valence-electron chi connectivity index (χ4n) is 8.82. The van der Waals surface area contributed by atoms with Crippen LogP contribution < -0.4 is 5.32 Å². The van der Waals surface area contributed by atoms with Crippen molar-refractivity contribution < 1.29 is 39.6 Å². The SMILES string of the molecule is C[C@]12CCC(=NOCC(=O)N[C@@H](Cc3ccccc3)C(=O)O)C=C1CC[C@@H]1[C@@H]2[C@H](O)C[C@]2(C)[C@@H]1CC[C@]2(O)C(=O)CO. The molecule has 0 radical (unpaired) electrons. The van der Waals surface area contributed by atoms with Gasteiger partial charge in [-0.25, -0.2) is 4.79 Å². The molecule has 1 amide bonds. The van der Waals surface area contributed by atoms with Gasteiger partial charge in [-0.3, -0.25) is 9.59 Å². The summed E-state index contributed by atoms with van der Waals surface area (Å²) < 4.78 is 0. The summed E-state index contributed by atoms with van der Waals surface area (Å²) >= 11 is 0. The Morgan fingerprint density at radius 2 is 1.86 bits per heavy atom. The minimum Gasteiger partial charge on any atom is -0.480 e. The molecule has 5 N–H and O–H groups in total. The highest BCUT2D eigenvalue weighted by Crippen LogP contribution is 2.67. The highest BCUT2D eigenvalue weighted by Gasteiger charge is 2.68. The van der Waals surface area contributed by atoms with E-state index in [0.717, 1.165) is 24.8 Å². The Labute approximate surface area is 245 Å². The number of rotatable bonds is 9. The molecule has 8 atom stereocenters. The molecule has 0 saturated heterocycles. The van der Waals surface area contributed by atoms with Gasteiger partial charge in [-0.2, -0.15) is 0 Å². The van der Waals surface area contributed by atoms with Gasteiger partial charge in [0.15, 0.2) is 12.4 Å². The summed E-state index contributed by atoms with van der Waals surface area (Å²) in [6.07, 6.45) is 5.74. The van der Waals surface area contributed by atoms with Crippen LogP contribution in [0, 0.1) is 28.6 Å². The Balaban J connectivity index is 1.23. The van der Waals surface area contributed by atoms with E-state index in [9.17, 15) is 34.8 Å². The standard InChI is InChI=1S/C32H42N2O8/c1-30-12-10-21(34-42-18-27(38)33-24(29(39)40)14-19-6-4-3-5-7-19)15-20(30)8-9-22-23-11-13-32(41,26(37)17-35)31(23,2)16-25(36)28(22)30/h3-7,15,22-25,28,35-36,41H,8-14,16-18H2,1-2H3,(H,33,38)(H,39,40)/t22-,23+,24-,25+,28+,30-,31+,32-/m0/s1. The number of benzene rings is 1. The third kappa shape index (κ3) is 5.18. The van der Waals surface area contributed by atoms with E-state index in [1.807, 2.05) is 31.2 Å². The van der Waals surface area contributed by atoms with Crippen LogP contribution in [0.4, 0.5) is 0 Å². The zero-order valence-electron chi connectivity index (χ0n) is 24.3. The molecule has 10 heteroatoms. The highest BCUT2D eigenvalue weighted by atomic mass is 16.6. The molecule has 0 aromatic heterocycles. The lowest BCUT2D eigenvalue weighted by Gasteiger charge is -2.60. The third-order valence-corrected chi connectivity index (χ3v) is 11.0. The Morgan fingerprint density at radius 1 is 1.12 bits per heavy atom. The topological polar surface area (TPSA) is 166 Å². The van der Waals surface area contributed by atoms with Gasteiger partial charge in [0.1, 0.15) is 18.2 Å². The Hall–Kier alpha value is -3.08. The normalized spacial score (nSPS) is 37.1. The van der Waals surface area contributed by atoms with Crippen LogP contribution in [0.5, 0.6) is 0 Å². The second-order valence-corrected chi connectivity index (χ2v) is 13.1. The summed E-state index contributed by atoms with van der Waals surface area (Å²) in [4.78, 5) is 42.0. The number of allylic oxidation sites excluding steroid dienone is 2. The van der Waals surface area contributed by atoms with Crippen LogP contribution >= 0.6 is 0 Å². The molecule has 5 rings (SSSR count). The summed E-state index contributed by atoms with van der Waals surface area (Å²) in [5.74, 6) is -2.04. The Morgan fingerprint density at radius 3 is 2.55 bits per heavy atom. The van der Waals surface area contributed by atoms with Gasteiger partial charge in [-0.1, -0.05) is 54.9 Å². The Kier molecular flexibility index (Phi) is 8.35. The van der Waals surface area contributed by atoms with Crippen molar-refractivity contribution in [2.24, 2.45) is 33.7 Å². The van der Waals surface area contributed by atoms with Crippen molar-refractivity contribution >= 4 is 23.4 Å². The molecule has 1 aromatic rings. The summed E-state index contributed by atoms with van der Waals surface area (Å²) in [6, 6.07) is 7.99. The molecule has 0 spiro atoms. The number of carbonyl (C=O) groups excluding carboxylic acids is 2. The molecular formula is C32H42N2O8. The number of aliphatic hydroxyl groups is 3. The minimum absolute atomic E-state index is 0.0204. The fraction of sp³-hybridized carbons (Fsp3) is 0.625. The number of carbonyl (C=O) groups is 3. The molecule has 0 bridgehead atoms. The van der Waals surface area contributed by atoms with E-state index < -0.39 is 54.0 Å². The highest BCUT2D eigenvalue weighted by molar-refractivity contribution is 5.96. The summed E-state index contributed by atoms with van der Waals surface area (Å²) in [5, 5.41) is 48.7. The first-order valence-corrected chi connectivity index (χ1v) is 14.9. The fourth-order valence-corrected chi connectivity index (χ4v) is 8.82. The monoisotopic (exact) mass is 582 g/mol. The van der Waals surface area contributed by atoms with E-state index in [4.69, 9.17) is 4.84 Å². The molecule has 3 saturated carbocycles. The van der Waals surface area contributed by atoms with Gasteiger partial charge in [-0.05, 0) is 79.8 Å². The maximum Gasteiger partial charge on any atom is 0.326 e. The molecule has 10 nitrogen and oxygen atoms in total. The van der Waals surface area contributed by atoms with E-state index in [1.165, 1.54) is 5.57 Å². The molecule has 0 heterocycles. The van der Waals surface area contributed by atoms with E-state index in [2.05, 4.69) is 17.4 Å². The number of nitrogens with zero attached hydrogens (tertiary/aromatic N) is 1. The smallest absolute Gasteiger partial charge is 0.326 e. The average molecular weight is 583 g/mol. The number of carboxylic acids is 1. The van der Waals surface area contributed by atoms with Crippen LogP contribution in [0.3, 0.4) is 0 Å². The van der Waals surface area contributed by atoms with Crippen molar-refractivity contribution in [3.63, 3.8) is 0 Å². The van der Waals surface area contributed by atoms with E-state index in [-0.39, 0.29) is 29.6 Å². The van der Waals surface area contributed by atoms with Crippen LogP contribution in [-0.2, 0) is 25.6 Å². The molecule has 0 aliphatic heterocycles. The molecule has 228 valence electrons. The largest absolute Gasteiger partial charge is 0.480 e. The summed E-state index contributed by atoms with van der Waals surface area (Å²) in [7, 11) is 0. The zero-order chi connectivity index (χ0) is 30.3. The van der Waals surface area contributed by atoms with E-state index in [1.54, 1.807) is 12.1 Å². The predicted molar refractivity (Wildman–Crippen MR) is 153 cm³/mol. The number of hydrogen-bond acceptors (Lipinski definition) is 8. The van der Waals surface area contributed by atoms with Crippen molar-refractivity contribution in [2.45, 2.75) is 83.0 Å². The average Bonchev–Trinajstić information content (AvgIpc) is 3.23. The van der Waals surface area contributed by atoms with Gasteiger partial charge in [0.2, 0.25) is 0 Å². The van der Waals surface area contributed by atoms with Crippen molar-refractivity contribution in [3.05, 3.63) is 47.5 Å². The van der Waals surface area contributed by atoms with E-state index in [0.29, 0.717) is 31.4 Å². The maximum absolute atomic E-state index is 12.6. The first kappa shape index (κ1) is 30.4. The third-order valence-electron chi connectivity index (χ3n) is 11.0. The summed E-state index contributed by atoms with van der Waals surface area (Å²) in [6.45, 7) is 2.99. The van der Waals surface area contributed by atoms with Gasteiger partial charge >= 0.3 is 5.97 Å². The number of nitrogens with one attached hydrogen (secondary N) is 1. The number of aliphatic hydroxyl groups excluding tert-OH is 2. The van der Waals surface area contributed by atoms with Crippen molar-refractivity contribution in [1.82, 2.24) is 5.32 Å². The van der Waals surface area contributed by atoms with Gasteiger partial charge in [0, 0.05) is 11.8 Å². The molecular weight excluding hydrogens is 540 g/mol. The van der Waals surface area contributed by atoms with Crippen LogP contribution in [-0.4, -0.2) is 74.8 Å². The number of hydrogen-bond donors (Lipinski definition) is 5. The molecule has 42 heavy (non-hydrogen) atoms. The number of oxime groups is 1. The van der Waals surface area contributed by atoms with Crippen LogP contribution in [0.15, 0.2) is 47.1 Å². The van der Waals surface area contributed by atoms with E-state index >= 15 is 0 Å². The van der Waals surface area contributed by atoms with Crippen LogP contribution in [0.1, 0.15) is 64.4 Å².